The fraction of sp³-hybridized carbons (Fsp3) is 0.357. The van der Waals surface area contributed by atoms with Crippen molar-refractivity contribution in [1.29, 1.82) is 0 Å². The maximum atomic E-state index is 12.2. The first kappa shape index (κ1) is 14.8. The van der Waals surface area contributed by atoms with Crippen LogP contribution in [0.1, 0.15) is 46.0 Å². The molecule has 1 amide bonds. The van der Waals surface area contributed by atoms with Gasteiger partial charge in [0.25, 0.3) is 5.91 Å². The molecule has 0 radical (unpaired) electrons. The number of amides is 1. The summed E-state index contributed by atoms with van der Waals surface area (Å²) in [5, 5.41) is 9.05. The first-order valence-electron chi connectivity index (χ1n) is 6.61. The number of carbonyl (C=O) groups is 2. The molecule has 0 bridgehead atoms. The van der Waals surface area contributed by atoms with E-state index in [-0.39, 0.29) is 12.0 Å². The molecule has 2 rings (SSSR count). The second kappa shape index (κ2) is 5.82. The summed E-state index contributed by atoms with van der Waals surface area (Å²) in [6.45, 7) is 7.00. The van der Waals surface area contributed by atoms with Gasteiger partial charge in [0.1, 0.15) is 11.5 Å². The zero-order valence-electron chi connectivity index (χ0n) is 12.4. The van der Waals surface area contributed by atoms with E-state index < -0.39 is 5.97 Å². The molecule has 2 aromatic rings. The molecule has 0 aliphatic heterocycles. The lowest BCUT2D eigenvalue weighted by Gasteiger charge is -2.08. The molecule has 21 heavy (non-hydrogen) atoms. The van der Waals surface area contributed by atoms with Crippen LogP contribution in [0.3, 0.4) is 0 Å². The fourth-order valence-electron chi connectivity index (χ4n) is 2.07. The second-order valence-corrected chi connectivity index (χ2v) is 5.00. The van der Waals surface area contributed by atoms with Crippen molar-refractivity contribution < 1.29 is 14.3 Å². The lowest BCUT2D eigenvalue weighted by Crippen LogP contribution is -2.15. The van der Waals surface area contributed by atoms with E-state index in [9.17, 15) is 9.59 Å². The van der Waals surface area contributed by atoms with Crippen molar-refractivity contribution in [2.45, 2.75) is 33.8 Å². The molecule has 7 heteroatoms. The average Bonchev–Trinajstić information content (AvgIpc) is 2.96. The molecule has 0 fully saturated rings. The molecule has 0 spiro atoms. The molecule has 3 N–H and O–H groups in total. The van der Waals surface area contributed by atoms with Gasteiger partial charge in [-0.1, -0.05) is 0 Å². The van der Waals surface area contributed by atoms with Gasteiger partial charge in [0.15, 0.2) is 0 Å². The number of carbonyl (C=O) groups excluding carboxylic acids is 2. The van der Waals surface area contributed by atoms with Crippen LogP contribution in [0.25, 0.3) is 0 Å². The van der Waals surface area contributed by atoms with E-state index in [2.05, 4.69) is 20.5 Å². The molecular weight excluding hydrogens is 272 g/mol. The summed E-state index contributed by atoms with van der Waals surface area (Å²) >= 11 is 0. The van der Waals surface area contributed by atoms with Gasteiger partial charge in [-0.3, -0.25) is 9.89 Å². The van der Waals surface area contributed by atoms with Gasteiger partial charge in [-0.25, -0.2) is 4.79 Å². The number of aromatic amines is 2. The minimum Gasteiger partial charge on any atom is -0.459 e. The number of ether oxygens (including phenoxy) is 1. The van der Waals surface area contributed by atoms with Gasteiger partial charge in [-0.15, -0.1) is 0 Å². The molecule has 0 saturated carbocycles. The Balaban J connectivity index is 2.26. The maximum Gasteiger partial charge on any atom is 0.340 e. The molecule has 0 aliphatic rings. The van der Waals surface area contributed by atoms with Crippen molar-refractivity contribution in [2.75, 3.05) is 5.32 Å². The summed E-state index contributed by atoms with van der Waals surface area (Å²) in [4.78, 5) is 27.2. The van der Waals surface area contributed by atoms with E-state index in [4.69, 9.17) is 4.74 Å². The molecule has 2 heterocycles. The van der Waals surface area contributed by atoms with Crippen LogP contribution in [0.4, 0.5) is 5.82 Å². The Labute approximate surface area is 122 Å². The van der Waals surface area contributed by atoms with Crippen LogP contribution in [0.5, 0.6) is 0 Å². The number of hydrogen-bond donors (Lipinski definition) is 3. The lowest BCUT2D eigenvalue weighted by molar-refractivity contribution is 0.0376. The second-order valence-electron chi connectivity index (χ2n) is 5.00. The highest BCUT2D eigenvalue weighted by molar-refractivity contribution is 6.06. The number of aryl methyl sites for hydroxylation is 1. The molecule has 2 aromatic heterocycles. The number of nitrogens with zero attached hydrogens (tertiary/aromatic N) is 1. The number of anilines is 1. The van der Waals surface area contributed by atoms with E-state index >= 15 is 0 Å². The first-order chi connectivity index (χ1) is 9.90. The van der Waals surface area contributed by atoms with Crippen molar-refractivity contribution in [1.82, 2.24) is 15.2 Å². The predicted molar refractivity (Wildman–Crippen MR) is 77.4 cm³/mol. The number of esters is 1. The van der Waals surface area contributed by atoms with Gasteiger partial charge >= 0.3 is 5.97 Å². The Bertz CT molecular complexity index is 656. The number of rotatable bonds is 4. The number of H-pyrrole nitrogens is 2. The van der Waals surface area contributed by atoms with Crippen molar-refractivity contribution in [3.63, 3.8) is 0 Å². The zero-order valence-corrected chi connectivity index (χ0v) is 12.4. The third-order valence-electron chi connectivity index (χ3n) is 2.96. The smallest absolute Gasteiger partial charge is 0.340 e. The van der Waals surface area contributed by atoms with E-state index in [1.165, 1.54) is 6.20 Å². The SMILES string of the molecule is Cc1[nH]c(C(=O)Nc2ccn[nH]2)c(C)c1C(=O)OC(C)C. The third-order valence-corrected chi connectivity index (χ3v) is 2.96. The minimum atomic E-state index is -0.433. The van der Waals surface area contributed by atoms with Gasteiger partial charge in [0.2, 0.25) is 0 Å². The quantitative estimate of drug-likeness (QED) is 0.751. The monoisotopic (exact) mass is 290 g/mol. The Morgan fingerprint density at radius 2 is 2.05 bits per heavy atom. The highest BCUT2D eigenvalue weighted by Crippen LogP contribution is 2.20. The standard InChI is InChI=1S/C14H18N4O3/c1-7(2)21-14(20)11-8(3)12(16-9(11)4)13(19)17-10-5-6-15-18-10/h5-7,16H,1-4H3,(H2,15,17,18,19). The lowest BCUT2D eigenvalue weighted by atomic mass is 10.1. The van der Waals surface area contributed by atoms with E-state index in [0.717, 1.165) is 0 Å². The summed E-state index contributed by atoms with van der Waals surface area (Å²) in [5.41, 5.74) is 1.90. The number of nitrogens with one attached hydrogen (secondary N) is 3. The Morgan fingerprint density at radius 1 is 1.33 bits per heavy atom. The summed E-state index contributed by atoms with van der Waals surface area (Å²) in [7, 11) is 0. The van der Waals surface area contributed by atoms with Crippen LogP contribution in [0, 0.1) is 13.8 Å². The molecule has 7 nitrogen and oxygen atoms in total. The highest BCUT2D eigenvalue weighted by atomic mass is 16.5. The average molecular weight is 290 g/mol. The predicted octanol–water partition coefficient (Wildman–Crippen LogP) is 2.17. The van der Waals surface area contributed by atoms with Crippen LogP contribution in [0.15, 0.2) is 12.3 Å². The van der Waals surface area contributed by atoms with Gasteiger partial charge in [0.05, 0.1) is 17.9 Å². The summed E-state index contributed by atoms with van der Waals surface area (Å²) in [6, 6.07) is 1.64. The molecule has 0 aliphatic carbocycles. The van der Waals surface area contributed by atoms with E-state index in [1.54, 1.807) is 33.8 Å². The van der Waals surface area contributed by atoms with Crippen molar-refractivity contribution in [3.8, 4) is 0 Å². The van der Waals surface area contributed by atoms with Crippen LogP contribution in [0.2, 0.25) is 0 Å². The fourth-order valence-corrected chi connectivity index (χ4v) is 2.07. The Kier molecular flexibility index (Phi) is 4.11. The van der Waals surface area contributed by atoms with Crippen LogP contribution in [-0.2, 0) is 4.74 Å². The third kappa shape index (κ3) is 3.13. The van der Waals surface area contributed by atoms with Gasteiger partial charge in [-0.05, 0) is 33.3 Å². The number of aromatic nitrogens is 3. The molecule has 112 valence electrons. The largest absolute Gasteiger partial charge is 0.459 e. The first-order valence-corrected chi connectivity index (χ1v) is 6.61. The minimum absolute atomic E-state index is 0.214. The van der Waals surface area contributed by atoms with Crippen LogP contribution < -0.4 is 5.32 Å². The Morgan fingerprint density at radius 3 is 2.62 bits per heavy atom. The van der Waals surface area contributed by atoms with Crippen LogP contribution >= 0.6 is 0 Å². The highest BCUT2D eigenvalue weighted by Gasteiger charge is 2.23. The van der Waals surface area contributed by atoms with Crippen molar-refractivity contribution >= 4 is 17.7 Å². The normalized spacial score (nSPS) is 10.7. The van der Waals surface area contributed by atoms with Crippen molar-refractivity contribution in [3.05, 3.63) is 34.8 Å². The molecule has 0 atom stereocenters. The zero-order chi connectivity index (χ0) is 15.6. The topological polar surface area (TPSA) is 99.9 Å². The van der Waals surface area contributed by atoms with E-state index in [0.29, 0.717) is 28.3 Å². The van der Waals surface area contributed by atoms with Gasteiger partial charge < -0.3 is 15.0 Å². The van der Waals surface area contributed by atoms with Crippen molar-refractivity contribution in [2.24, 2.45) is 0 Å². The summed E-state index contributed by atoms with van der Waals surface area (Å²) in [5.74, 6) is -0.293. The van der Waals surface area contributed by atoms with Gasteiger partial charge in [-0.2, -0.15) is 5.10 Å². The molecule has 0 saturated heterocycles. The van der Waals surface area contributed by atoms with Crippen LogP contribution in [-0.4, -0.2) is 33.2 Å². The maximum absolute atomic E-state index is 12.2. The number of hydrogen-bond acceptors (Lipinski definition) is 4. The molecule has 0 aromatic carbocycles. The Hall–Kier alpha value is -2.57. The molecular formula is C14H18N4O3. The summed E-state index contributed by atoms with van der Waals surface area (Å²) in [6.07, 6.45) is 1.32. The van der Waals surface area contributed by atoms with Gasteiger partial charge in [0, 0.05) is 11.8 Å². The summed E-state index contributed by atoms with van der Waals surface area (Å²) < 4.78 is 5.19. The van der Waals surface area contributed by atoms with E-state index in [1.807, 2.05) is 0 Å². The molecule has 0 unspecified atom stereocenters.